The van der Waals surface area contributed by atoms with Gasteiger partial charge in [0.05, 0.1) is 6.54 Å². The van der Waals surface area contributed by atoms with Gasteiger partial charge in [0.25, 0.3) is 0 Å². The van der Waals surface area contributed by atoms with Crippen LogP contribution in [0.2, 0.25) is 0 Å². The lowest BCUT2D eigenvalue weighted by Crippen LogP contribution is -2.05. The maximum absolute atomic E-state index is 5.27. The summed E-state index contributed by atoms with van der Waals surface area (Å²) in [5.41, 5.74) is 2.45. The zero-order valence-electron chi connectivity index (χ0n) is 9.13. The first-order valence-corrected chi connectivity index (χ1v) is 5.38. The quantitative estimate of drug-likeness (QED) is 0.709. The lowest BCUT2D eigenvalue weighted by molar-refractivity contribution is 0.644. The van der Waals surface area contributed by atoms with Gasteiger partial charge in [-0.1, -0.05) is 30.3 Å². The molecule has 16 heavy (non-hydrogen) atoms. The number of aromatic nitrogens is 2. The maximum atomic E-state index is 5.27. The Balaban J connectivity index is 2.10. The number of rotatable bonds is 4. The first-order valence-electron chi connectivity index (χ1n) is 5.38. The first kappa shape index (κ1) is 10.5. The minimum absolute atomic E-state index is 0.764. The fourth-order valence-electron chi connectivity index (χ4n) is 1.67. The van der Waals surface area contributed by atoms with Crippen LogP contribution in [0, 0.1) is 12.3 Å². The van der Waals surface area contributed by atoms with Crippen LogP contribution >= 0.6 is 0 Å². The SMILES string of the molecule is C#CCCc1ccnn1Cc1ccccc1. The van der Waals surface area contributed by atoms with E-state index in [-0.39, 0.29) is 0 Å². The molecule has 0 amide bonds. The van der Waals surface area contributed by atoms with E-state index in [9.17, 15) is 0 Å². The molecule has 0 saturated heterocycles. The Labute approximate surface area is 95.9 Å². The summed E-state index contributed by atoms with van der Waals surface area (Å²) in [5.74, 6) is 2.66. The molecule has 2 rings (SSSR count). The van der Waals surface area contributed by atoms with Crippen LogP contribution in [-0.2, 0) is 13.0 Å². The van der Waals surface area contributed by atoms with Crippen LogP contribution in [0.25, 0.3) is 0 Å². The Morgan fingerprint density at radius 3 is 2.75 bits per heavy atom. The third-order valence-electron chi connectivity index (χ3n) is 2.51. The maximum Gasteiger partial charge on any atom is 0.0662 e. The van der Waals surface area contributed by atoms with Crippen molar-refractivity contribution in [2.75, 3.05) is 0 Å². The van der Waals surface area contributed by atoms with Gasteiger partial charge >= 0.3 is 0 Å². The van der Waals surface area contributed by atoms with Crippen molar-refractivity contribution < 1.29 is 0 Å². The summed E-state index contributed by atoms with van der Waals surface area (Å²) in [6.45, 7) is 0.813. The Morgan fingerprint density at radius 2 is 2.00 bits per heavy atom. The molecule has 1 aromatic carbocycles. The molecule has 0 unspecified atom stereocenters. The second-order valence-electron chi connectivity index (χ2n) is 3.67. The van der Waals surface area contributed by atoms with Crippen LogP contribution in [0.4, 0.5) is 0 Å². The average Bonchev–Trinajstić information content (AvgIpc) is 2.75. The van der Waals surface area contributed by atoms with E-state index < -0.39 is 0 Å². The predicted molar refractivity (Wildman–Crippen MR) is 64.9 cm³/mol. The van der Waals surface area contributed by atoms with Crippen LogP contribution in [0.5, 0.6) is 0 Å². The first-order chi connectivity index (χ1) is 7.90. The average molecular weight is 210 g/mol. The highest BCUT2D eigenvalue weighted by atomic mass is 15.3. The van der Waals surface area contributed by atoms with E-state index in [1.807, 2.05) is 35.1 Å². The van der Waals surface area contributed by atoms with Crippen LogP contribution < -0.4 is 0 Å². The van der Waals surface area contributed by atoms with Gasteiger partial charge in [0.2, 0.25) is 0 Å². The highest BCUT2D eigenvalue weighted by Crippen LogP contribution is 2.07. The molecule has 0 fully saturated rings. The van der Waals surface area contributed by atoms with Gasteiger partial charge in [-0.05, 0) is 11.6 Å². The summed E-state index contributed by atoms with van der Waals surface area (Å²) in [5, 5.41) is 4.31. The van der Waals surface area contributed by atoms with Gasteiger partial charge in [-0.2, -0.15) is 5.10 Å². The smallest absolute Gasteiger partial charge is 0.0662 e. The molecule has 0 aliphatic carbocycles. The van der Waals surface area contributed by atoms with Crippen molar-refractivity contribution in [1.29, 1.82) is 0 Å². The van der Waals surface area contributed by atoms with Gasteiger partial charge in [-0.25, -0.2) is 0 Å². The van der Waals surface area contributed by atoms with Gasteiger partial charge in [0.1, 0.15) is 0 Å². The normalized spacial score (nSPS) is 9.94. The standard InChI is InChI=1S/C14H14N2/c1-2-3-9-14-10-11-15-16(14)12-13-7-5-4-6-8-13/h1,4-8,10-11H,3,9,12H2. The fourth-order valence-corrected chi connectivity index (χ4v) is 1.67. The lowest BCUT2D eigenvalue weighted by atomic mass is 10.2. The molecular weight excluding hydrogens is 196 g/mol. The van der Waals surface area contributed by atoms with Crippen molar-refractivity contribution in [1.82, 2.24) is 9.78 Å². The van der Waals surface area contributed by atoms with E-state index in [1.165, 1.54) is 11.3 Å². The van der Waals surface area contributed by atoms with E-state index in [1.54, 1.807) is 0 Å². The van der Waals surface area contributed by atoms with Crippen molar-refractivity contribution in [2.45, 2.75) is 19.4 Å². The van der Waals surface area contributed by atoms with Crippen LogP contribution in [0.1, 0.15) is 17.7 Å². The lowest BCUT2D eigenvalue weighted by Gasteiger charge is -2.06. The molecule has 0 bridgehead atoms. The van der Waals surface area contributed by atoms with Crippen molar-refractivity contribution >= 4 is 0 Å². The fraction of sp³-hybridized carbons (Fsp3) is 0.214. The zero-order valence-corrected chi connectivity index (χ0v) is 9.13. The Morgan fingerprint density at radius 1 is 1.19 bits per heavy atom. The van der Waals surface area contributed by atoms with Gasteiger partial charge < -0.3 is 0 Å². The Kier molecular flexibility index (Phi) is 3.40. The van der Waals surface area contributed by atoms with Crippen LogP contribution in [0.3, 0.4) is 0 Å². The van der Waals surface area contributed by atoms with Gasteiger partial charge in [-0.15, -0.1) is 12.3 Å². The van der Waals surface area contributed by atoms with Gasteiger partial charge in [0.15, 0.2) is 0 Å². The van der Waals surface area contributed by atoms with Gasteiger partial charge in [0, 0.05) is 24.7 Å². The molecule has 0 aliphatic rings. The number of aryl methyl sites for hydroxylation is 1. The second kappa shape index (κ2) is 5.18. The van der Waals surface area contributed by atoms with Crippen LogP contribution in [0.15, 0.2) is 42.6 Å². The predicted octanol–water partition coefficient (Wildman–Crippen LogP) is 2.50. The summed E-state index contributed by atoms with van der Waals surface area (Å²) in [6.07, 6.45) is 8.75. The third-order valence-corrected chi connectivity index (χ3v) is 2.51. The summed E-state index contributed by atoms with van der Waals surface area (Å²) < 4.78 is 2.01. The molecule has 2 nitrogen and oxygen atoms in total. The number of hydrogen-bond acceptors (Lipinski definition) is 1. The number of hydrogen-bond donors (Lipinski definition) is 0. The number of nitrogens with zero attached hydrogens (tertiary/aromatic N) is 2. The molecule has 1 aromatic heterocycles. The highest BCUT2D eigenvalue weighted by Gasteiger charge is 2.01. The zero-order chi connectivity index (χ0) is 11.2. The molecule has 0 radical (unpaired) electrons. The van der Waals surface area contributed by atoms with Crippen LogP contribution in [-0.4, -0.2) is 9.78 Å². The summed E-state index contributed by atoms with van der Waals surface area (Å²) in [6, 6.07) is 12.3. The van der Waals surface area contributed by atoms with Crippen molar-refractivity contribution in [3.05, 3.63) is 53.9 Å². The number of terminal acetylenes is 1. The molecule has 2 heteroatoms. The third kappa shape index (κ3) is 2.52. The molecule has 0 spiro atoms. The molecule has 0 N–H and O–H groups in total. The summed E-state index contributed by atoms with van der Waals surface area (Å²) in [7, 11) is 0. The summed E-state index contributed by atoms with van der Waals surface area (Å²) >= 11 is 0. The van der Waals surface area contributed by atoms with E-state index in [0.29, 0.717) is 0 Å². The second-order valence-corrected chi connectivity index (χ2v) is 3.67. The largest absolute Gasteiger partial charge is 0.265 e. The summed E-state index contributed by atoms with van der Waals surface area (Å²) in [4.78, 5) is 0. The van der Waals surface area contributed by atoms with Crippen molar-refractivity contribution in [3.63, 3.8) is 0 Å². The minimum atomic E-state index is 0.764. The van der Waals surface area contributed by atoms with E-state index >= 15 is 0 Å². The minimum Gasteiger partial charge on any atom is -0.265 e. The Bertz CT molecular complexity index is 477. The van der Waals surface area contributed by atoms with Crippen molar-refractivity contribution in [2.24, 2.45) is 0 Å². The number of benzene rings is 1. The van der Waals surface area contributed by atoms with E-state index in [2.05, 4.69) is 23.2 Å². The highest BCUT2D eigenvalue weighted by molar-refractivity contribution is 5.16. The molecule has 1 heterocycles. The monoisotopic (exact) mass is 210 g/mol. The molecule has 0 atom stereocenters. The Hall–Kier alpha value is -2.01. The molecule has 80 valence electrons. The topological polar surface area (TPSA) is 17.8 Å². The molecule has 0 saturated carbocycles. The molecule has 2 aromatic rings. The van der Waals surface area contributed by atoms with E-state index in [4.69, 9.17) is 6.42 Å². The van der Waals surface area contributed by atoms with Gasteiger partial charge in [-0.3, -0.25) is 4.68 Å². The molecule has 0 aliphatic heterocycles. The van der Waals surface area contributed by atoms with Crippen molar-refractivity contribution in [3.8, 4) is 12.3 Å². The molecular formula is C14H14N2. The van der Waals surface area contributed by atoms with E-state index in [0.717, 1.165) is 19.4 Å².